The molecule has 0 aliphatic carbocycles. The van der Waals surface area contributed by atoms with Gasteiger partial charge in [0.25, 0.3) is 0 Å². The zero-order valence-corrected chi connectivity index (χ0v) is 16.4. The van der Waals surface area contributed by atoms with Crippen molar-refractivity contribution in [2.24, 2.45) is 0 Å². The average molecular weight is 408 g/mol. The summed E-state index contributed by atoms with van der Waals surface area (Å²) in [4.78, 5) is 28.7. The van der Waals surface area contributed by atoms with Crippen molar-refractivity contribution in [2.75, 3.05) is 37.5 Å². The van der Waals surface area contributed by atoms with E-state index in [2.05, 4.69) is 30.9 Å². The first-order valence-corrected chi connectivity index (χ1v) is 8.64. The van der Waals surface area contributed by atoms with Crippen LogP contribution in [0.1, 0.15) is 17.8 Å². The van der Waals surface area contributed by atoms with Crippen LogP contribution in [0.15, 0.2) is 28.7 Å². The smallest absolute Gasteiger partial charge is 0.307 e. The normalized spacial score (nSPS) is 10.4. The Kier molecular flexibility index (Phi) is 6.69. The fraction of sp³-hybridized carbons (Fsp3) is 0.412. The molecule has 0 atom stereocenters. The summed E-state index contributed by atoms with van der Waals surface area (Å²) in [7, 11) is 5.15. The number of halogens is 1. The number of nitrogens with zero attached hydrogens (tertiary/aromatic N) is 5. The van der Waals surface area contributed by atoms with Gasteiger partial charge in [0.2, 0.25) is 11.9 Å². The minimum Gasteiger partial charge on any atom is -0.469 e. The van der Waals surface area contributed by atoms with Gasteiger partial charge in [0.1, 0.15) is 5.82 Å². The van der Waals surface area contributed by atoms with Crippen LogP contribution < -0.4 is 9.80 Å². The van der Waals surface area contributed by atoms with E-state index < -0.39 is 0 Å². The molecular weight excluding hydrogens is 386 g/mol. The van der Waals surface area contributed by atoms with Crippen LogP contribution in [0.4, 0.5) is 11.9 Å². The second kappa shape index (κ2) is 8.75. The van der Waals surface area contributed by atoms with E-state index >= 15 is 0 Å². The number of hydrogen-bond donors (Lipinski definition) is 0. The zero-order chi connectivity index (χ0) is 18.4. The molecule has 0 amide bonds. The molecule has 1 aromatic carbocycles. The van der Waals surface area contributed by atoms with Gasteiger partial charge in [-0.3, -0.25) is 4.79 Å². The number of ether oxygens (including phenoxy) is 1. The van der Waals surface area contributed by atoms with Crippen molar-refractivity contribution in [1.29, 1.82) is 0 Å². The number of anilines is 2. The van der Waals surface area contributed by atoms with Gasteiger partial charge in [-0.1, -0.05) is 28.1 Å². The maximum atomic E-state index is 11.6. The van der Waals surface area contributed by atoms with Gasteiger partial charge in [0.05, 0.1) is 13.5 Å². The lowest BCUT2D eigenvalue weighted by Gasteiger charge is -2.23. The van der Waals surface area contributed by atoms with E-state index in [0.717, 1.165) is 10.0 Å². The maximum Gasteiger partial charge on any atom is 0.307 e. The van der Waals surface area contributed by atoms with Crippen molar-refractivity contribution in [3.63, 3.8) is 0 Å². The summed E-state index contributed by atoms with van der Waals surface area (Å²) in [5.41, 5.74) is 1.09. The Hall–Kier alpha value is -2.22. The van der Waals surface area contributed by atoms with E-state index in [-0.39, 0.29) is 12.4 Å². The molecule has 1 heterocycles. The highest BCUT2D eigenvalue weighted by Gasteiger charge is 2.16. The first-order valence-electron chi connectivity index (χ1n) is 7.85. The van der Waals surface area contributed by atoms with Crippen LogP contribution in [0.2, 0.25) is 0 Å². The van der Waals surface area contributed by atoms with Crippen molar-refractivity contribution in [2.45, 2.75) is 19.9 Å². The van der Waals surface area contributed by atoms with E-state index in [4.69, 9.17) is 4.74 Å². The second-order valence-electron chi connectivity index (χ2n) is 5.75. The van der Waals surface area contributed by atoms with Crippen molar-refractivity contribution in [3.8, 4) is 0 Å². The summed E-state index contributed by atoms with van der Waals surface area (Å²) in [5, 5.41) is 0. The van der Waals surface area contributed by atoms with Crippen molar-refractivity contribution >= 4 is 33.8 Å². The van der Waals surface area contributed by atoms with Gasteiger partial charge in [-0.15, -0.1) is 0 Å². The molecule has 0 aliphatic heterocycles. The van der Waals surface area contributed by atoms with Crippen molar-refractivity contribution in [1.82, 2.24) is 15.0 Å². The van der Waals surface area contributed by atoms with Gasteiger partial charge in [-0.25, -0.2) is 0 Å². The van der Waals surface area contributed by atoms with Crippen LogP contribution in [-0.4, -0.2) is 48.7 Å². The number of carbonyl (C=O) groups excluding carboxylic acids is 1. The van der Waals surface area contributed by atoms with Gasteiger partial charge < -0.3 is 14.5 Å². The maximum absolute atomic E-state index is 11.6. The number of esters is 1. The SMILES string of the molecule is COC(=O)CCN(Cc1cccc(Br)c1)c1nc(C)nc(N(C)C)n1. The van der Waals surface area contributed by atoms with Gasteiger partial charge in [0, 0.05) is 31.7 Å². The molecule has 0 radical (unpaired) electrons. The molecule has 7 nitrogen and oxygen atoms in total. The average Bonchev–Trinajstić information content (AvgIpc) is 2.57. The predicted octanol–water partition coefficient (Wildman–Crippen LogP) is 2.58. The molecule has 134 valence electrons. The standard InChI is InChI=1S/C17H22BrN5O2/c1-12-19-16(22(2)3)21-17(20-12)23(9-8-15(24)25-4)11-13-6-5-7-14(18)10-13/h5-7,10H,8-9,11H2,1-4H3. The van der Waals surface area contributed by atoms with E-state index in [1.54, 1.807) is 0 Å². The molecule has 8 heteroatoms. The lowest BCUT2D eigenvalue weighted by atomic mass is 10.2. The lowest BCUT2D eigenvalue weighted by Crippen LogP contribution is -2.29. The van der Waals surface area contributed by atoms with Crippen molar-refractivity contribution < 1.29 is 9.53 Å². The van der Waals surface area contributed by atoms with E-state index in [1.807, 2.05) is 55.1 Å². The van der Waals surface area contributed by atoms with E-state index in [1.165, 1.54) is 7.11 Å². The quantitative estimate of drug-likeness (QED) is 0.652. The highest BCUT2D eigenvalue weighted by atomic mass is 79.9. The number of hydrogen-bond acceptors (Lipinski definition) is 7. The van der Waals surface area contributed by atoms with E-state index in [9.17, 15) is 4.79 Å². The molecule has 25 heavy (non-hydrogen) atoms. The molecule has 0 aliphatic rings. The number of rotatable bonds is 7. The van der Waals surface area contributed by atoms with E-state index in [0.29, 0.717) is 30.8 Å². The van der Waals surface area contributed by atoms with Crippen LogP contribution in [0, 0.1) is 6.92 Å². The lowest BCUT2D eigenvalue weighted by molar-refractivity contribution is -0.140. The summed E-state index contributed by atoms with van der Waals surface area (Å²) in [6.45, 7) is 2.86. The van der Waals surface area contributed by atoms with Crippen LogP contribution >= 0.6 is 15.9 Å². The Labute approximate surface area is 156 Å². The van der Waals surface area contributed by atoms with Gasteiger partial charge in [-0.2, -0.15) is 15.0 Å². The number of aryl methyl sites for hydroxylation is 1. The molecule has 0 spiro atoms. The summed E-state index contributed by atoms with van der Waals surface area (Å²) in [6, 6.07) is 8.00. The number of methoxy groups -OCH3 is 1. The topological polar surface area (TPSA) is 71.5 Å². The summed E-state index contributed by atoms with van der Waals surface area (Å²) in [5.74, 6) is 1.49. The number of aromatic nitrogens is 3. The monoisotopic (exact) mass is 407 g/mol. The minimum atomic E-state index is -0.266. The Morgan fingerprint density at radius 2 is 1.92 bits per heavy atom. The number of benzene rings is 1. The molecule has 2 rings (SSSR count). The molecule has 0 N–H and O–H groups in total. The second-order valence-corrected chi connectivity index (χ2v) is 6.67. The summed E-state index contributed by atoms with van der Waals surface area (Å²) >= 11 is 3.48. The van der Waals surface area contributed by atoms with Crippen LogP contribution in [0.5, 0.6) is 0 Å². The van der Waals surface area contributed by atoms with Gasteiger partial charge in [0.15, 0.2) is 0 Å². The molecule has 0 unspecified atom stereocenters. The first-order chi connectivity index (χ1) is 11.9. The Balaban J connectivity index is 2.31. The Bertz CT molecular complexity index is 739. The summed E-state index contributed by atoms with van der Waals surface area (Å²) in [6.07, 6.45) is 0.256. The Morgan fingerprint density at radius 3 is 2.56 bits per heavy atom. The first kappa shape index (κ1) is 19.1. The molecule has 0 bridgehead atoms. The van der Waals surface area contributed by atoms with Crippen LogP contribution in [-0.2, 0) is 16.1 Å². The fourth-order valence-corrected chi connectivity index (χ4v) is 2.68. The third kappa shape index (κ3) is 5.67. The molecule has 2 aromatic rings. The molecule has 0 saturated heterocycles. The Morgan fingerprint density at radius 1 is 1.20 bits per heavy atom. The third-order valence-corrected chi connectivity index (χ3v) is 3.98. The fourth-order valence-electron chi connectivity index (χ4n) is 2.23. The molecular formula is C17H22BrN5O2. The van der Waals surface area contributed by atoms with Crippen molar-refractivity contribution in [3.05, 3.63) is 40.1 Å². The third-order valence-electron chi connectivity index (χ3n) is 3.48. The molecule has 1 aromatic heterocycles. The summed E-state index contributed by atoms with van der Waals surface area (Å²) < 4.78 is 5.76. The molecule has 0 saturated carbocycles. The van der Waals surface area contributed by atoms with Gasteiger partial charge >= 0.3 is 5.97 Å². The molecule has 0 fully saturated rings. The van der Waals surface area contributed by atoms with Gasteiger partial charge in [-0.05, 0) is 24.6 Å². The zero-order valence-electron chi connectivity index (χ0n) is 14.9. The highest BCUT2D eigenvalue weighted by Crippen LogP contribution is 2.18. The largest absolute Gasteiger partial charge is 0.469 e. The van der Waals surface area contributed by atoms with Crippen LogP contribution in [0.25, 0.3) is 0 Å². The van der Waals surface area contributed by atoms with Crippen LogP contribution in [0.3, 0.4) is 0 Å². The highest BCUT2D eigenvalue weighted by molar-refractivity contribution is 9.10. The number of carbonyl (C=O) groups is 1. The predicted molar refractivity (Wildman–Crippen MR) is 101 cm³/mol. The minimum absolute atomic E-state index is 0.256.